The zero-order chi connectivity index (χ0) is 19.8. The Kier molecular flexibility index (Phi) is 5.05. The Hall–Kier alpha value is -2.68. The molecule has 1 unspecified atom stereocenters. The highest BCUT2D eigenvalue weighted by atomic mass is 32.2. The van der Waals surface area contributed by atoms with Gasteiger partial charge in [-0.15, -0.1) is 0 Å². The first-order valence-corrected chi connectivity index (χ1v) is 10.2. The van der Waals surface area contributed by atoms with Gasteiger partial charge in [-0.2, -0.15) is 0 Å². The lowest BCUT2D eigenvalue weighted by Crippen LogP contribution is -2.37. The van der Waals surface area contributed by atoms with E-state index in [1.165, 1.54) is 13.0 Å². The summed E-state index contributed by atoms with van der Waals surface area (Å²) < 4.78 is 33.2. The molecule has 1 N–H and O–H groups in total. The summed E-state index contributed by atoms with van der Waals surface area (Å²) in [4.78, 5) is 35.6. The van der Waals surface area contributed by atoms with Gasteiger partial charge < -0.3 is 14.5 Å². The number of ether oxygens (including phenoxy) is 1. The van der Waals surface area contributed by atoms with E-state index in [9.17, 15) is 22.8 Å². The molecular weight excluding hydrogens is 374 g/mol. The number of sulfone groups is 1. The van der Waals surface area contributed by atoms with Gasteiger partial charge in [0.1, 0.15) is 11.3 Å². The molecule has 1 aromatic carbocycles. The molecule has 1 saturated heterocycles. The van der Waals surface area contributed by atoms with Crippen LogP contribution in [0.15, 0.2) is 27.4 Å². The van der Waals surface area contributed by atoms with Crippen LogP contribution < -0.4 is 15.7 Å². The van der Waals surface area contributed by atoms with Gasteiger partial charge in [0.2, 0.25) is 5.91 Å². The summed E-state index contributed by atoms with van der Waals surface area (Å²) in [6.07, 6.45) is 0.171. The predicted octanol–water partition coefficient (Wildman–Crippen LogP) is 0.873. The first-order valence-electron chi connectivity index (χ1n) is 8.39. The van der Waals surface area contributed by atoms with Crippen molar-refractivity contribution in [3.63, 3.8) is 0 Å². The Labute approximate surface area is 155 Å². The van der Waals surface area contributed by atoms with E-state index in [1.807, 2.05) is 0 Å². The van der Waals surface area contributed by atoms with E-state index in [2.05, 4.69) is 5.32 Å². The number of carbonyl (C=O) groups excluding carboxylic acids is 2. The van der Waals surface area contributed by atoms with E-state index in [0.717, 1.165) is 0 Å². The molecule has 2 heterocycles. The summed E-state index contributed by atoms with van der Waals surface area (Å²) in [5.74, 6) is -0.688. The largest absolute Gasteiger partial charge is 0.427 e. The number of rotatable bonds is 4. The molecular formula is C18H19NO7S. The maximum atomic E-state index is 12.3. The lowest BCUT2D eigenvalue weighted by Gasteiger charge is -2.12. The molecule has 0 spiro atoms. The van der Waals surface area contributed by atoms with Crippen molar-refractivity contribution in [3.8, 4) is 5.75 Å². The summed E-state index contributed by atoms with van der Waals surface area (Å²) in [5, 5.41) is 3.28. The average molecular weight is 393 g/mol. The fourth-order valence-electron chi connectivity index (χ4n) is 3.16. The van der Waals surface area contributed by atoms with Gasteiger partial charge in [0.25, 0.3) is 0 Å². The molecule has 0 aliphatic carbocycles. The van der Waals surface area contributed by atoms with Gasteiger partial charge in [-0.05, 0) is 31.0 Å². The molecule has 1 aliphatic rings. The number of amides is 1. The van der Waals surface area contributed by atoms with Crippen LogP contribution in [0.1, 0.15) is 24.5 Å². The standard InChI is InChI=1S/C18H19NO7S/c1-10-14-4-3-13(25-11(2)20)7-16(14)26-18(22)15(10)8-17(21)19-12-5-6-27(23,24)9-12/h3-4,7,12H,5-6,8-9H2,1-2H3,(H,19,21). The molecule has 27 heavy (non-hydrogen) atoms. The van der Waals surface area contributed by atoms with E-state index in [4.69, 9.17) is 9.15 Å². The quantitative estimate of drug-likeness (QED) is 0.465. The fourth-order valence-corrected chi connectivity index (χ4v) is 4.83. The number of hydrogen-bond acceptors (Lipinski definition) is 7. The highest BCUT2D eigenvalue weighted by molar-refractivity contribution is 7.91. The summed E-state index contributed by atoms with van der Waals surface area (Å²) >= 11 is 0. The van der Waals surface area contributed by atoms with Crippen LogP contribution in [0.25, 0.3) is 11.0 Å². The SMILES string of the molecule is CC(=O)Oc1ccc2c(C)c(CC(=O)NC3CCS(=O)(=O)C3)c(=O)oc2c1. The van der Waals surface area contributed by atoms with Crippen molar-refractivity contribution in [2.24, 2.45) is 0 Å². The number of nitrogens with one attached hydrogen (secondary N) is 1. The summed E-state index contributed by atoms with van der Waals surface area (Å²) in [7, 11) is -3.10. The summed E-state index contributed by atoms with van der Waals surface area (Å²) in [6.45, 7) is 2.97. The number of benzene rings is 1. The maximum Gasteiger partial charge on any atom is 0.340 e. The molecule has 0 bridgehead atoms. The second-order valence-electron chi connectivity index (χ2n) is 6.59. The van der Waals surface area contributed by atoms with Crippen LogP contribution in [-0.4, -0.2) is 37.8 Å². The summed E-state index contributed by atoms with van der Waals surface area (Å²) in [5.41, 5.74) is 0.391. The molecule has 8 nitrogen and oxygen atoms in total. The third-order valence-corrected chi connectivity index (χ3v) is 6.22. The third kappa shape index (κ3) is 4.36. The second kappa shape index (κ2) is 7.15. The van der Waals surface area contributed by atoms with Gasteiger partial charge in [-0.3, -0.25) is 9.59 Å². The number of aryl methyl sites for hydroxylation is 1. The van der Waals surface area contributed by atoms with Crippen LogP contribution in [0.2, 0.25) is 0 Å². The van der Waals surface area contributed by atoms with Crippen LogP contribution in [0.3, 0.4) is 0 Å². The first-order chi connectivity index (χ1) is 12.6. The predicted molar refractivity (Wildman–Crippen MR) is 97.4 cm³/mol. The van der Waals surface area contributed by atoms with Gasteiger partial charge in [0.05, 0.1) is 23.5 Å². The molecule has 9 heteroatoms. The van der Waals surface area contributed by atoms with Gasteiger partial charge in [-0.25, -0.2) is 13.2 Å². The Balaban J connectivity index is 1.83. The molecule has 0 radical (unpaired) electrons. The maximum absolute atomic E-state index is 12.3. The monoisotopic (exact) mass is 393 g/mol. The summed E-state index contributed by atoms with van der Waals surface area (Å²) in [6, 6.07) is 4.24. The van der Waals surface area contributed by atoms with E-state index in [1.54, 1.807) is 19.1 Å². The fraction of sp³-hybridized carbons (Fsp3) is 0.389. The Bertz CT molecular complexity index is 1080. The van der Waals surface area contributed by atoms with E-state index >= 15 is 0 Å². The van der Waals surface area contributed by atoms with E-state index in [-0.39, 0.29) is 34.8 Å². The number of esters is 1. The molecule has 0 saturated carbocycles. The normalized spacial score (nSPS) is 18.4. The van der Waals surface area contributed by atoms with Crippen LogP contribution >= 0.6 is 0 Å². The van der Waals surface area contributed by atoms with Crippen molar-refractivity contribution in [1.29, 1.82) is 0 Å². The lowest BCUT2D eigenvalue weighted by molar-refractivity contribution is -0.131. The highest BCUT2D eigenvalue weighted by Gasteiger charge is 2.29. The number of fused-ring (bicyclic) bond motifs is 1. The van der Waals surface area contributed by atoms with Crippen molar-refractivity contribution in [2.45, 2.75) is 32.7 Å². The zero-order valence-electron chi connectivity index (χ0n) is 14.9. The van der Waals surface area contributed by atoms with Gasteiger partial charge in [0, 0.05) is 24.4 Å². The number of carbonyl (C=O) groups is 2. The minimum Gasteiger partial charge on any atom is -0.427 e. The second-order valence-corrected chi connectivity index (χ2v) is 8.82. The van der Waals surface area contributed by atoms with Crippen LogP contribution in [0.5, 0.6) is 5.75 Å². The van der Waals surface area contributed by atoms with E-state index in [0.29, 0.717) is 17.4 Å². The van der Waals surface area contributed by atoms with Crippen molar-refractivity contribution < 1.29 is 27.2 Å². The molecule has 1 aliphatic heterocycles. The molecule has 1 aromatic heterocycles. The topological polar surface area (TPSA) is 120 Å². The Morgan fingerprint density at radius 3 is 2.70 bits per heavy atom. The van der Waals surface area contributed by atoms with Gasteiger partial charge in [-0.1, -0.05) is 0 Å². The number of hydrogen-bond donors (Lipinski definition) is 1. The highest BCUT2D eigenvalue weighted by Crippen LogP contribution is 2.24. The minimum absolute atomic E-state index is 0.0553. The molecule has 144 valence electrons. The van der Waals surface area contributed by atoms with Crippen LogP contribution in [0, 0.1) is 6.92 Å². The van der Waals surface area contributed by atoms with Gasteiger partial charge >= 0.3 is 11.6 Å². The van der Waals surface area contributed by atoms with Crippen molar-refractivity contribution >= 4 is 32.7 Å². The molecule has 1 amide bonds. The molecule has 1 fully saturated rings. The van der Waals surface area contributed by atoms with Crippen molar-refractivity contribution in [1.82, 2.24) is 5.32 Å². The zero-order valence-corrected chi connectivity index (χ0v) is 15.7. The van der Waals surface area contributed by atoms with Crippen LogP contribution in [0.4, 0.5) is 0 Å². The Morgan fingerprint density at radius 2 is 2.07 bits per heavy atom. The van der Waals surface area contributed by atoms with Crippen molar-refractivity contribution in [2.75, 3.05) is 11.5 Å². The van der Waals surface area contributed by atoms with Crippen LogP contribution in [-0.2, 0) is 25.8 Å². The molecule has 1 atom stereocenters. The molecule has 3 rings (SSSR count). The minimum atomic E-state index is -3.10. The van der Waals surface area contributed by atoms with Gasteiger partial charge in [0.15, 0.2) is 9.84 Å². The first kappa shape index (κ1) is 19.1. The lowest BCUT2D eigenvalue weighted by atomic mass is 10.0. The average Bonchev–Trinajstić information content (AvgIpc) is 2.89. The smallest absolute Gasteiger partial charge is 0.340 e. The Morgan fingerprint density at radius 1 is 1.33 bits per heavy atom. The third-order valence-electron chi connectivity index (χ3n) is 4.46. The van der Waals surface area contributed by atoms with Crippen molar-refractivity contribution in [3.05, 3.63) is 39.7 Å². The van der Waals surface area contributed by atoms with E-state index < -0.39 is 33.4 Å². The molecule has 2 aromatic rings.